The molecule has 236 valence electrons. The molecule has 4 aromatic rings. The van der Waals surface area contributed by atoms with Gasteiger partial charge in [-0.1, -0.05) is 28.4 Å². The number of nitrogens with one attached hydrogen (secondary N) is 2. The molecular weight excluding hydrogens is 616 g/mol. The van der Waals surface area contributed by atoms with Crippen LogP contribution in [0.15, 0.2) is 63.9 Å². The number of pyridine rings is 1. The molecule has 0 aliphatic rings. The van der Waals surface area contributed by atoms with Crippen molar-refractivity contribution in [1.82, 2.24) is 30.2 Å². The van der Waals surface area contributed by atoms with Gasteiger partial charge in [-0.2, -0.15) is 23.3 Å². The van der Waals surface area contributed by atoms with E-state index < -0.39 is 23.6 Å². The highest BCUT2D eigenvalue weighted by atomic mass is 35.5. The zero-order valence-electron chi connectivity index (χ0n) is 24.9. The third-order valence-corrected chi connectivity index (χ3v) is 6.37. The van der Waals surface area contributed by atoms with Crippen LogP contribution in [0.25, 0.3) is 11.4 Å². The molecule has 0 radical (unpaired) electrons. The monoisotopic (exact) mass is 644 g/mol. The van der Waals surface area contributed by atoms with E-state index in [-0.39, 0.29) is 34.5 Å². The number of amides is 1. The first kappa shape index (κ1) is 33.1. The lowest BCUT2D eigenvalue weighted by Crippen LogP contribution is -2.26. The number of aryl methyl sites for hydroxylation is 2. The summed E-state index contributed by atoms with van der Waals surface area (Å²) in [6.45, 7) is 8.53. The third-order valence-electron chi connectivity index (χ3n) is 6.08. The van der Waals surface area contributed by atoms with Crippen molar-refractivity contribution in [1.29, 1.82) is 0 Å². The minimum absolute atomic E-state index is 0.00790. The van der Waals surface area contributed by atoms with Gasteiger partial charge in [0.25, 0.3) is 5.91 Å². The number of carbonyl (C=O) groups excluding carboxylic acids is 1. The normalized spacial score (nSPS) is 12.5. The van der Waals surface area contributed by atoms with E-state index in [1.165, 1.54) is 37.5 Å². The fourth-order valence-electron chi connectivity index (χ4n) is 4.12. The van der Waals surface area contributed by atoms with Crippen molar-refractivity contribution in [2.75, 3.05) is 11.9 Å². The molecule has 3 aromatic heterocycles. The number of amidine groups is 1. The number of aliphatic imine (C=N–C) groups is 1. The average Bonchev–Trinajstić information content (AvgIpc) is 3.57. The SMILES string of the molecule is CC(C)=C/C(=C(\N=C(/C)Nc1ccc(F)c(Cl)c1)n1nc(C(F)(F)F)cc1C)c1cncc(C(=O)NCCc2nc(C)no2)c1. The molecule has 3 heterocycles. The van der Waals surface area contributed by atoms with Gasteiger partial charge in [0, 0.05) is 47.9 Å². The number of carbonyl (C=O) groups is 1. The Hall–Kier alpha value is -4.85. The minimum atomic E-state index is -4.71. The van der Waals surface area contributed by atoms with Crippen LogP contribution >= 0.6 is 11.6 Å². The van der Waals surface area contributed by atoms with Gasteiger partial charge in [-0.05, 0) is 65.0 Å². The Labute approximate surface area is 260 Å². The number of alkyl halides is 3. The highest BCUT2D eigenvalue weighted by Crippen LogP contribution is 2.32. The fourth-order valence-corrected chi connectivity index (χ4v) is 4.30. The topological polar surface area (TPSA) is 123 Å². The molecule has 1 amide bonds. The van der Waals surface area contributed by atoms with Crippen LogP contribution in [-0.4, -0.2) is 43.2 Å². The van der Waals surface area contributed by atoms with E-state index in [2.05, 4.69) is 35.8 Å². The third kappa shape index (κ3) is 8.62. The van der Waals surface area contributed by atoms with Crippen molar-refractivity contribution in [3.8, 4) is 0 Å². The Bertz CT molecular complexity index is 1800. The number of rotatable bonds is 9. The molecule has 0 unspecified atom stereocenters. The van der Waals surface area contributed by atoms with Crippen LogP contribution in [0.2, 0.25) is 5.02 Å². The van der Waals surface area contributed by atoms with Crippen LogP contribution in [0.5, 0.6) is 0 Å². The predicted molar refractivity (Wildman–Crippen MR) is 162 cm³/mol. The lowest BCUT2D eigenvalue weighted by atomic mass is 10.0. The van der Waals surface area contributed by atoms with Gasteiger partial charge in [-0.3, -0.25) is 9.78 Å². The molecule has 0 bridgehead atoms. The van der Waals surface area contributed by atoms with Crippen LogP contribution < -0.4 is 10.6 Å². The highest BCUT2D eigenvalue weighted by molar-refractivity contribution is 6.31. The molecule has 2 N–H and O–H groups in total. The number of benzene rings is 1. The summed E-state index contributed by atoms with van der Waals surface area (Å²) in [6.07, 6.45) is 0.136. The number of nitrogens with zero attached hydrogens (tertiary/aromatic N) is 6. The number of anilines is 1. The number of aromatic nitrogens is 5. The van der Waals surface area contributed by atoms with Crippen LogP contribution in [0, 0.1) is 19.7 Å². The van der Waals surface area contributed by atoms with Gasteiger partial charge in [-0.15, -0.1) is 0 Å². The van der Waals surface area contributed by atoms with Crippen LogP contribution in [0.3, 0.4) is 0 Å². The molecule has 0 aliphatic heterocycles. The Morgan fingerprint density at radius 3 is 2.47 bits per heavy atom. The Balaban J connectivity index is 1.80. The summed E-state index contributed by atoms with van der Waals surface area (Å²) in [7, 11) is 0. The maximum Gasteiger partial charge on any atom is 0.435 e. The molecule has 1 aromatic carbocycles. The standard InChI is InChI=1S/C30H29ClF4N8O2/c1-16(2)10-23(20-12-21(15-36-14-20)29(44)37-9-8-27-39-19(5)42-45-27)28(43-17(3)11-26(41-43)30(33,34)35)40-18(4)38-22-6-7-25(32)24(31)13-22/h6-7,10-15H,8-9H2,1-5H3,(H,37,44)(H,38,40)/b28-23-. The lowest BCUT2D eigenvalue weighted by molar-refractivity contribution is -0.141. The summed E-state index contributed by atoms with van der Waals surface area (Å²) >= 11 is 5.91. The van der Waals surface area contributed by atoms with Gasteiger partial charge < -0.3 is 15.2 Å². The Morgan fingerprint density at radius 1 is 1.11 bits per heavy atom. The van der Waals surface area contributed by atoms with Crippen LogP contribution in [-0.2, 0) is 12.6 Å². The second kappa shape index (κ2) is 13.8. The quantitative estimate of drug-likeness (QED) is 0.0881. The van der Waals surface area contributed by atoms with E-state index in [1.54, 1.807) is 39.8 Å². The van der Waals surface area contributed by atoms with Crippen LogP contribution in [0.4, 0.5) is 23.2 Å². The molecule has 0 atom stereocenters. The molecule has 0 saturated carbocycles. The van der Waals surface area contributed by atoms with E-state index in [9.17, 15) is 22.4 Å². The maximum atomic E-state index is 13.7. The van der Waals surface area contributed by atoms with E-state index in [0.717, 1.165) is 16.3 Å². The van der Waals surface area contributed by atoms with Crippen molar-refractivity contribution in [3.63, 3.8) is 0 Å². The van der Waals surface area contributed by atoms with Gasteiger partial charge in [-0.25, -0.2) is 14.1 Å². The molecule has 0 saturated heterocycles. The summed E-state index contributed by atoms with van der Waals surface area (Å²) in [4.78, 5) is 26.0. The summed E-state index contributed by atoms with van der Waals surface area (Å²) in [5.74, 6) is 0.0316. The number of hydrogen-bond acceptors (Lipinski definition) is 7. The first-order valence-corrected chi connectivity index (χ1v) is 13.9. The fraction of sp³-hybridized carbons (Fsp3) is 0.267. The second-order valence-corrected chi connectivity index (χ2v) is 10.6. The molecule has 4 rings (SSSR count). The smallest absolute Gasteiger partial charge is 0.351 e. The number of halogens is 5. The largest absolute Gasteiger partial charge is 0.435 e. The summed E-state index contributed by atoms with van der Waals surface area (Å²) in [5.41, 5.74) is 1.13. The molecule has 0 fully saturated rings. The highest BCUT2D eigenvalue weighted by Gasteiger charge is 2.35. The van der Waals surface area contributed by atoms with E-state index >= 15 is 0 Å². The second-order valence-electron chi connectivity index (χ2n) is 10.2. The zero-order valence-corrected chi connectivity index (χ0v) is 25.7. The molecule has 0 aliphatic carbocycles. The van der Waals surface area contributed by atoms with E-state index in [0.29, 0.717) is 35.0 Å². The molecular formula is C30H29ClF4N8O2. The molecule has 45 heavy (non-hydrogen) atoms. The van der Waals surface area contributed by atoms with Gasteiger partial charge >= 0.3 is 6.18 Å². The minimum Gasteiger partial charge on any atom is -0.351 e. The van der Waals surface area contributed by atoms with Crippen molar-refractivity contribution in [2.24, 2.45) is 4.99 Å². The Kier molecular flexibility index (Phi) is 10.2. The van der Waals surface area contributed by atoms with Gasteiger partial charge in [0.05, 0.1) is 10.6 Å². The zero-order chi connectivity index (χ0) is 32.9. The molecule has 0 spiro atoms. The molecule has 15 heteroatoms. The summed E-state index contributed by atoms with van der Waals surface area (Å²) in [5, 5.41) is 13.2. The van der Waals surface area contributed by atoms with E-state index in [4.69, 9.17) is 16.1 Å². The first-order chi connectivity index (χ1) is 21.2. The lowest BCUT2D eigenvalue weighted by Gasteiger charge is -2.15. The van der Waals surface area contributed by atoms with Crippen molar-refractivity contribution in [2.45, 2.75) is 47.2 Å². The number of allylic oxidation sites excluding steroid dienone is 3. The van der Waals surface area contributed by atoms with Crippen molar-refractivity contribution < 1.29 is 26.9 Å². The first-order valence-electron chi connectivity index (χ1n) is 13.5. The van der Waals surface area contributed by atoms with Crippen molar-refractivity contribution in [3.05, 3.63) is 99.4 Å². The van der Waals surface area contributed by atoms with E-state index in [1.807, 2.05) is 0 Å². The van der Waals surface area contributed by atoms with Gasteiger partial charge in [0.2, 0.25) is 5.89 Å². The predicted octanol–water partition coefficient (Wildman–Crippen LogP) is 6.88. The van der Waals surface area contributed by atoms with Gasteiger partial charge in [0.15, 0.2) is 17.3 Å². The van der Waals surface area contributed by atoms with Crippen molar-refractivity contribution >= 4 is 40.4 Å². The van der Waals surface area contributed by atoms with Crippen LogP contribution in [0.1, 0.15) is 59.8 Å². The van der Waals surface area contributed by atoms with Gasteiger partial charge in [0.1, 0.15) is 11.7 Å². The maximum absolute atomic E-state index is 13.7. The summed E-state index contributed by atoms with van der Waals surface area (Å²) in [6, 6.07) is 6.42. The Morgan fingerprint density at radius 2 is 1.84 bits per heavy atom. The average molecular weight is 645 g/mol. The summed E-state index contributed by atoms with van der Waals surface area (Å²) < 4.78 is 60.9. The molecule has 10 nitrogen and oxygen atoms in total. The number of hydrogen-bond donors (Lipinski definition) is 2.